The zero-order valence-corrected chi connectivity index (χ0v) is 8.10. The number of nitrogens with two attached hydrogens (primary N) is 1. The van der Waals surface area contributed by atoms with Crippen LogP contribution in [-0.2, 0) is 9.32 Å². The maximum absolute atomic E-state index is 4.67. The van der Waals surface area contributed by atoms with Crippen molar-refractivity contribution in [2.75, 3.05) is 0 Å². The highest BCUT2D eigenvalue weighted by Gasteiger charge is 1.94. The normalized spacial score (nSPS) is 9.31. The van der Waals surface area contributed by atoms with Crippen LogP contribution in [0.5, 0.6) is 0 Å². The second-order valence-corrected chi connectivity index (χ2v) is 2.90. The molecule has 13 heavy (non-hydrogen) atoms. The van der Waals surface area contributed by atoms with Crippen molar-refractivity contribution in [3.8, 4) is 0 Å². The van der Waals surface area contributed by atoms with Gasteiger partial charge in [-0.1, -0.05) is 0 Å². The molecule has 0 saturated heterocycles. The molecule has 0 bridgehead atoms. The molecule has 0 aliphatic rings. The Balaban J connectivity index is 2.63. The molecular weight excluding hydrogens is 208 g/mol. The van der Waals surface area contributed by atoms with Gasteiger partial charge in [-0.25, -0.2) is 0 Å². The number of thiocarbonyl (C=S) groups is 1. The number of hydrogen-bond donors (Lipinski definition) is 1. The molecule has 0 aliphatic carbocycles. The minimum absolute atomic E-state index is 0.744. The number of isothiocyanates is 1. The minimum Gasteiger partial charge on any atom is -0.195 e. The number of hydrogen-bond acceptors (Lipinski definition) is 6. The highest BCUT2D eigenvalue weighted by atomic mass is 32.2. The van der Waals surface area contributed by atoms with Gasteiger partial charge in [-0.3, -0.25) is 0 Å². The van der Waals surface area contributed by atoms with Crippen molar-refractivity contribution in [3.05, 3.63) is 24.3 Å². The lowest BCUT2D eigenvalue weighted by Crippen LogP contribution is -1.93. The minimum atomic E-state index is 0.744. The van der Waals surface area contributed by atoms with Gasteiger partial charge in [-0.05, 0) is 36.5 Å². The molecule has 0 spiro atoms. The van der Waals surface area contributed by atoms with Gasteiger partial charge < -0.3 is 0 Å². The van der Waals surface area contributed by atoms with E-state index >= 15 is 0 Å². The summed E-state index contributed by atoms with van der Waals surface area (Å²) in [5, 5.41) is 2.27. The standard InChI is InChI=1S/C7H6N2O2S2/c8-10-11-13-7-3-1-6(2-4-7)9-5-12/h1-4H,8H2. The van der Waals surface area contributed by atoms with E-state index in [0.29, 0.717) is 0 Å². The molecule has 0 amide bonds. The fourth-order valence-electron chi connectivity index (χ4n) is 0.688. The first-order chi connectivity index (χ1) is 6.36. The van der Waals surface area contributed by atoms with Crippen LogP contribution in [0.4, 0.5) is 5.69 Å². The molecule has 1 aromatic rings. The molecular formula is C7H6N2O2S2. The Hall–Kier alpha value is -0.750. The Bertz CT molecular complexity index is 309. The largest absolute Gasteiger partial charge is 0.195 e. The Morgan fingerprint density at radius 2 is 2.08 bits per heavy atom. The van der Waals surface area contributed by atoms with Crippen molar-refractivity contribution in [2.24, 2.45) is 10.9 Å². The summed E-state index contributed by atoms with van der Waals surface area (Å²) in [7, 11) is 0. The van der Waals surface area contributed by atoms with Crippen LogP contribution in [0.15, 0.2) is 34.2 Å². The summed E-state index contributed by atoms with van der Waals surface area (Å²) in [4.78, 5) is 8.58. The molecule has 6 heteroatoms. The Kier molecular flexibility index (Phi) is 4.63. The summed E-state index contributed by atoms with van der Waals surface area (Å²) >= 11 is 5.47. The zero-order chi connectivity index (χ0) is 9.52. The molecule has 0 heterocycles. The maximum atomic E-state index is 4.67. The molecule has 0 saturated carbocycles. The van der Waals surface area contributed by atoms with E-state index < -0.39 is 0 Å². The summed E-state index contributed by atoms with van der Waals surface area (Å²) < 4.78 is 4.45. The average molecular weight is 214 g/mol. The third kappa shape index (κ3) is 3.65. The molecule has 0 fully saturated rings. The number of rotatable bonds is 4. The fourth-order valence-corrected chi connectivity index (χ4v) is 1.16. The van der Waals surface area contributed by atoms with Gasteiger partial charge in [-0.15, -0.1) is 9.32 Å². The van der Waals surface area contributed by atoms with Crippen LogP contribution in [0, 0.1) is 0 Å². The first kappa shape index (κ1) is 10.3. The Morgan fingerprint density at radius 1 is 1.38 bits per heavy atom. The van der Waals surface area contributed by atoms with Crippen LogP contribution in [0.3, 0.4) is 0 Å². The van der Waals surface area contributed by atoms with Gasteiger partial charge in [0.15, 0.2) is 0 Å². The zero-order valence-electron chi connectivity index (χ0n) is 6.47. The van der Waals surface area contributed by atoms with Crippen molar-refractivity contribution in [3.63, 3.8) is 0 Å². The van der Waals surface area contributed by atoms with Crippen molar-refractivity contribution >= 4 is 35.1 Å². The SMILES string of the molecule is NOOSc1ccc(N=C=S)cc1. The van der Waals surface area contributed by atoms with E-state index in [9.17, 15) is 0 Å². The highest BCUT2D eigenvalue weighted by molar-refractivity contribution is 7.94. The molecule has 0 aromatic heterocycles. The van der Waals surface area contributed by atoms with Crippen LogP contribution in [0.25, 0.3) is 0 Å². The van der Waals surface area contributed by atoms with Crippen LogP contribution in [0.2, 0.25) is 0 Å². The molecule has 0 unspecified atom stereocenters. The third-order valence-corrected chi connectivity index (χ3v) is 1.88. The quantitative estimate of drug-likeness (QED) is 0.274. The predicted octanol–water partition coefficient (Wildman–Crippen LogP) is 2.25. The van der Waals surface area contributed by atoms with Gasteiger partial charge in [0.1, 0.15) is 0 Å². The second-order valence-electron chi connectivity index (χ2n) is 1.94. The second kappa shape index (κ2) is 5.82. The lowest BCUT2D eigenvalue weighted by Gasteiger charge is -1.97. The average Bonchev–Trinajstić information content (AvgIpc) is 2.17. The predicted molar refractivity (Wildman–Crippen MR) is 53.3 cm³/mol. The molecule has 0 aliphatic heterocycles. The van der Waals surface area contributed by atoms with Crippen molar-refractivity contribution < 1.29 is 9.32 Å². The van der Waals surface area contributed by atoms with E-state index in [1.807, 2.05) is 0 Å². The molecule has 4 nitrogen and oxygen atoms in total. The van der Waals surface area contributed by atoms with Crippen LogP contribution >= 0.6 is 24.3 Å². The number of nitrogens with zero attached hydrogens (tertiary/aromatic N) is 1. The first-order valence-corrected chi connectivity index (χ1v) is 4.40. The molecule has 0 radical (unpaired) electrons. The van der Waals surface area contributed by atoms with Crippen LogP contribution in [-0.4, -0.2) is 5.16 Å². The smallest absolute Gasteiger partial charge is 0.0740 e. The number of aliphatic imine (C=N–C) groups is 1. The van der Waals surface area contributed by atoms with Crippen LogP contribution < -0.4 is 5.90 Å². The molecule has 1 aromatic carbocycles. The van der Waals surface area contributed by atoms with E-state index in [-0.39, 0.29) is 0 Å². The summed E-state index contributed by atoms with van der Waals surface area (Å²) in [6.07, 6.45) is 0. The van der Waals surface area contributed by atoms with E-state index in [1.54, 1.807) is 24.3 Å². The Labute approximate surface area is 84.8 Å². The van der Waals surface area contributed by atoms with Gasteiger partial charge >= 0.3 is 0 Å². The van der Waals surface area contributed by atoms with E-state index in [2.05, 4.69) is 37.6 Å². The monoisotopic (exact) mass is 214 g/mol. The van der Waals surface area contributed by atoms with E-state index in [4.69, 9.17) is 0 Å². The number of benzene rings is 1. The molecule has 1 rings (SSSR count). The van der Waals surface area contributed by atoms with E-state index in [0.717, 1.165) is 22.6 Å². The first-order valence-electron chi connectivity index (χ1n) is 3.25. The molecule has 0 atom stereocenters. The van der Waals surface area contributed by atoms with Gasteiger partial charge in [0.05, 0.1) is 22.9 Å². The van der Waals surface area contributed by atoms with Gasteiger partial charge in [-0.2, -0.15) is 10.9 Å². The summed E-state index contributed by atoms with van der Waals surface area (Å²) in [5.41, 5.74) is 0.744. The summed E-state index contributed by atoms with van der Waals surface area (Å²) in [6.45, 7) is 0. The van der Waals surface area contributed by atoms with Crippen molar-refractivity contribution in [1.29, 1.82) is 0 Å². The van der Waals surface area contributed by atoms with Crippen LogP contribution in [0.1, 0.15) is 0 Å². The van der Waals surface area contributed by atoms with Gasteiger partial charge in [0.2, 0.25) is 0 Å². The Morgan fingerprint density at radius 3 is 2.62 bits per heavy atom. The molecule has 2 N–H and O–H groups in total. The molecule has 68 valence electrons. The summed E-state index contributed by atoms with van der Waals surface area (Å²) in [5.74, 6) is 4.67. The van der Waals surface area contributed by atoms with Gasteiger partial charge in [0.25, 0.3) is 0 Å². The lowest BCUT2D eigenvalue weighted by molar-refractivity contribution is -0.195. The van der Waals surface area contributed by atoms with Crippen molar-refractivity contribution in [1.82, 2.24) is 0 Å². The van der Waals surface area contributed by atoms with E-state index in [1.165, 1.54) is 0 Å². The third-order valence-electron chi connectivity index (χ3n) is 1.18. The maximum Gasteiger partial charge on any atom is 0.0740 e. The topological polar surface area (TPSA) is 56.8 Å². The lowest BCUT2D eigenvalue weighted by atomic mass is 10.3. The van der Waals surface area contributed by atoms with Crippen molar-refractivity contribution in [2.45, 2.75) is 4.90 Å². The van der Waals surface area contributed by atoms with Gasteiger partial charge in [0, 0.05) is 4.90 Å². The summed E-state index contributed by atoms with van der Waals surface area (Å²) in [6, 6.07) is 7.16. The highest BCUT2D eigenvalue weighted by Crippen LogP contribution is 2.21. The fraction of sp³-hybridized carbons (Fsp3) is 0.